The van der Waals surface area contributed by atoms with Crippen LogP contribution in [-0.4, -0.2) is 32.1 Å². The van der Waals surface area contributed by atoms with Crippen LogP contribution in [0.5, 0.6) is 11.5 Å². The van der Waals surface area contributed by atoms with Gasteiger partial charge in [0.2, 0.25) is 0 Å². The molecule has 0 unspecified atom stereocenters. The van der Waals surface area contributed by atoms with E-state index in [1.807, 2.05) is 6.92 Å². The summed E-state index contributed by atoms with van der Waals surface area (Å²) in [5.41, 5.74) is 6.70. The molecule has 0 radical (unpaired) electrons. The molecule has 0 aliphatic carbocycles. The van der Waals surface area contributed by atoms with Crippen LogP contribution in [0, 0.1) is 0 Å². The summed E-state index contributed by atoms with van der Waals surface area (Å²) in [6.07, 6.45) is 1.37. The fraction of sp³-hybridized carbons (Fsp3) is 0.333. The van der Waals surface area contributed by atoms with Gasteiger partial charge < -0.3 is 30.3 Å². The summed E-state index contributed by atoms with van der Waals surface area (Å²) in [7, 11) is 1.51. The number of carbonyl (C=O) groups is 2. The molecular formula is C18H23N3O5. The number of hydrogen-bond donors (Lipinski definition) is 3. The van der Waals surface area contributed by atoms with E-state index in [9.17, 15) is 9.59 Å². The maximum atomic E-state index is 12.1. The Bertz CT molecular complexity index is 757. The van der Waals surface area contributed by atoms with Gasteiger partial charge in [0.05, 0.1) is 19.2 Å². The van der Waals surface area contributed by atoms with Crippen molar-refractivity contribution in [1.82, 2.24) is 10.6 Å². The highest BCUT2D eigenvalue weighted by atomic mass is 16.5. The van der Waals surface area contributed by atoms with Crippen molar-refractivity contribution in [3.8, 4) is 11.5 Å². The molecule has 0 atom stereocenters. The minimum Gasteiger partial charge on any atom is -0.493 e. The molecule has 0 saturated heterocycles. The van der Waals surface area contributed by atoms with E-state index in [0.29, 0.717) is 35.9 Å². The fourth-order valence-corrected chi connectivity index (χ4v) is 2.22. The number of methoxy groups -OCH3 is 1. The van der Waals surface area contributed by atoms with Crippen molar-refractivity contribution >= 4 is 11.8 Å². The minimum atomic E-state index is -0.260. The van der Waals surface area contributed by atoms with Crippen molar-refractivity contribution in [2.75, 3.05) is 20.3 Å². The summed E-state index contributed by atoms with van der Waals surface area (Å²) < 4.78 is 15.9. The second kappa shape index (κ2) is 9.47. The number of nitrogens with one attached hydrogen (secondary N) is 2. The van der Waals surface area contributed by atoms with Gasteiger partial charge in [0.15, 0.2) is 18.1 Å². The van der Waals surface area contributed by atoms with Gasteiger partial charge in [-0.05, 0) is 30.7 Å². The zero-order chi connectivity index (χ0) is 18.9. The van der Waals surface area contributed by atoms with Gasteiger partial charge in [0.25, 0.3) is 11.8 Å². The van der Waals surface area contributed by atoms with Crippen LogP contribution in [0.1, 0.15) is 28.6 Å². The topological polar surface area (TPSA) is 116 Å². The van der Waals surface area contributed by atoms with E-state index in [-0.39, 0.29) is 25.0 Å². The zero-order valence-electron chi connectivity index (χ0n) is 14.8. The van der Waals surface area contributed by atoms with Crippen molar-refractivity contribution in [3.63, 3.8) is 0 Å². The van der Waals surface area contributed by atoms with Crippen LogP contribution >= 0.6 is 0 Å². The van der Waals surface area contributed by atoms with Crippen molar-refractivity contribution in [3.05, 3.63) is 47.4 Å². The number of benzene rings is 1. The molecule has 0 aliphatic rings. The Kier molecular flexibility index (Phi) is 7.04. The minimum absolute atomic E-state index is 0.0930. The number of ether oxygens (including phenoxy) is 2. The number of amides is 2. The molecule has 0 saturated carbocycles. The SMILES string of the molecule is CCNC(=O)COc1ccc(CNC(=O)c2coc(CN)c2)cc1OC. The summed E-state index contributed by atoms with van der Waals surface area (Å²) in [5, 5.41) is 5.44. The molecule has 1 heterocycles. The maximum absolute atomic E-state index is 12.1. The van der Waals surface area contributed by atoms with E-state index in [1.165, 1.54) is 13.4 Å². The van der Waals surface area contributed by atoms with Gasteiger partial charge in [-0.15, -0.1) is 0 Å². The average Bonchev–Trinajstić information content (AvgIpc) is 3.14. The van der Waals surface area contributed by atoms with Crippen LogP contribution in [0.3, 0.4) is 0 Å². The molecule has 0 fully saturated rings. The van der Waals surface area contributed by atoms with Gasteiger partial charge in [-0.3, -0.25) is 9.59 Å². The van der Waals surface area contributed by atoms with Gasteiger partial charge in [-0.1, -0.05) is 6.07 Å². The molecule has 0 aliphatic heterocycles. The summed E-state index contributed by atoms with van der Waals surface area (Å²) in [6.45, 7) is 2.82. The highest BCUT2D eigenvalue weighted by Crippen LogP contribution is 2.28. The third kappa shape index (κ3) is 5.25. The molecule has 8 nitrogen and oxygen atoms in total. The van der Waals surface area contributed by atoms with Crippen molar-refractivity contribution < 1.29 is 23.5 Å². The standard InChI is InChI=1S/C18H23N3O5/c1-3-20-17(22)11-26-15-5-4-12(6-16(15)24-2)9-21-18(23)13-7-14(8-19)25-10-13/h4-7,10H,3,8-9,11,19H2,1-2H3,(H,20,22)(H,21,23). The van der Waals surface area contributed by atoms with Crippen molar-refractivity contribution in [2.45, 2.75) is 20.0 Å². The van der Waals surface area contributed by atoms with E-state index in [4.69, 9.17) is 19.6 Å². The van der Waals surface area contributed by atoms with E-state index < -0.39 is 0 Å². The molecule has 0 spiro atoms. The van der Waals surface area contributed by atoms with Gasteiger partial charge in [0, 0.05) is 13.1 Å². The Balaban J connectivity index is 1.95. The molecule has 8 heteroatoms. The monoisotopic (exact) mass is 361 g/mol. The van der Waals surface area contributed by atoms with Crippen LogP contribution in [0.15, 0.2) is 34.9 Å². The molecule has 0 bridgehead atoms. The first-order valence-electron chi connectivity index (χ1n) is 8.19. The second-order valence-corrected chi connectivity index (χ2v) is 5.42. The number of rotatable bonds is 9. The second-order valence-electron chi connectivity index (χ2n) is 5.42. The van der Waals surface area contributed by atoms with Gasteiger partial charge in [-0.2, -0.15) is 0 Å². The first-order chi connectivity index (χ1) is 12.6. The van der Waals surface area contributed by atoms with Crippen LogP contribution in [0.2, 0.25) is 0 Å². The molecule has 4 N–H and O–H groups in total. The smallest absolute Gasteiger partial charge is 0.257 e. The number of likely N-dealkylation sites (N-methyl/N-ethyl adjacent to an activating group) is 1. The number of hydrogen-bond acceptors (Lipinski definition) is 6. The van der Waals surface area contributed by atoms with Gasteiger partial charge in [-0.25, -0.2) is 0 Å². The largest absolute Gasteiger partial charge is 0.493 e. The van der Waals surface area contributed by atoms with E-state index >= 15 is 0 Å². The van der Waals surface area contributed by atoms with Crippen molar-refractivity contribution in [2.24, 2.45) is 5.73 Å². The summed E-state index contributed by atoms with van der Waals surface area (Å²) >= 11 is 0. The van der Waals surface area contributed by atoms with Crippen LogP contribution in [0.4, 0.5) is 0 Å². The van der Waals surface area contributed by atoms with Crippen LogP contribution < -0.4 is 25.8 Å². The Morgan fingerprint density at radius 1 is 1.19 bits per heavy atom. The van der Waals surface area contributed by atoms with Gasteiger partial charge >= 0.3 is 0 Å². The molecular weight excluding hydrogens is 338 g/mol. The van der Waals surface area contributed by atoms with Crippen LogP contribution in [-0.2, 0) is 17.9 Å². The molecule has 1 aromatic heterocycles. The fourth-order valence-electron chi connectivity index (χ4n) is 2.22. The molecule has 26 heavy (non-hydrogen) atoms. The number of furan rings is 1. The van der Waals surface area contributed by atoms with Crippen LogP contribution in [0.25, 0.3) is 0 Å². The van der Waals surface area contributed by atoms with E-state index in [1.54, 1.807) is 24.3 Å². The average molecular weight is 361 g/mol. The third-order valence-electron chi connectivity index (χ3n) is 3.53. The third-order valence-corrected chi connectivity index (χ3v) is 3.53. The van der Waals surface area contributed by atoms with E-state index in [0.717, 1.165) is 5.56 Å². The summed E-state index contributed by atoms with van der Waals surface area (Å²) in [4.78, 5) is 23.6. The molecule has 140 valence electrons. The lowest BCUT2D eigenvalue weighted by Gasteiger charge is -2.12. The molecule has 1 aromatic carbocycles. The van der Waals surface area contributed by atoms with Gasteiger partial charge in [0.1, 0.15) is 12.0 Å². The predicted octanol–water partition coefficient (Wildman–Crippen LogP) is 1.19. The predicted molar refractivity (Wildman–Crippen MR) is 94.9 cm³/mol. The number of nitrogens with two attached hydrogens (primary N) is 1. The lowest BCUT2D eigenvalue weighted by molar-refractivity contribution is -0.123. The normalized spacial score (nSPS) is 10.3. The Morgan fingerprint density at radius 2 is 2.00 bits per heavy atom. The van der Waals surface area contributed by atoms with Crippen molar-refractivity contribution in [1.29, 1.82) is 0 Å². The number of carbonyl (C=O) groups excluding carboxylic acids is 2. The molecule has 2 rings (SSSR count). The molecule has 2 aromatic rings. The first-order valence-corrected chi connectivity index (χ1v) is 8.19. The zero-order valence-corrected chi connectivity index (χ0v) is 14.8. The molecule has 2 amide bonds. The Labute approximate surface area is 151 Å². The maximum Gasteiger partial charge on any atom is 0.257 e. The van der Waals surface area contributed by atoms with E-state index in [2.05, 4.69) is 10.6 Å². The summed E-state index contributed by atoms with van der Waals surface area (Å²) in [5.74, 6) is 1.02. The Morgan fingerprint density at radius 3 is 2.65 bits per heavy atom. The highest BCUT2D eigenvalue weighted by Gasteiger charge is 2.11. The first kappa shape index (κ1) is 19.3. The lowest BCUT2D eigenvalue weighted by atomic mass is 10.2. The highest BCUT2D eigenvalue weighted by molar-refractivity contribution is 5.93. The Hall–Kier alpha value is -3.00. The summed E-state index contributed by atoms with van der Waals surface area (Å²) in [6, 6.07) is 6.84. The lowest BCUT2D eigenvalue weighted by Crippen LogP contribution is -2.28. The quantitative estimate of drug-likeness (QED) is 0.618.